The maximum Gasteiger partial charge on any atom is 0.411 e. The van der Waals surface area contributed by atoms with E-state index in [9.17, 15) is 39.0 Å². The van der Waals surface area contributed by atoms with Crippen molar-refractivity contribution in [1.82, 2.24) is 10.2 Å². The highest BCUT2D eigenvalue weighted by atomic mass is 32.2. The quantitative estimate of drug-likeness (QED) is 0.163. The van der Waals surface area contributed by atoms with E-state index >= 15 is 0 Å². The molecule has 0 unspecified atom stereocenters. The highest BCUT2D eigenvalue weighted by Crippen LogP contribution is 2.40. The Morgan fingerprint density at radius 3 is 2.53 bits per heavy atom. The highest BCUT2D eigenvalue weighted by molar-refractivity contribution is 8.00. The van der Waals surface area contributed by atoms with Crippen LogP contribution in [0.3, 0.4) is 0 Å². The Kier molecular flexibility index (Phi) is 8.76. The lowest BCUT2D eigenvalue weighted by molar-refractivity contribution is -0.151. The number of carboxylic acids is 2. The number of primary amides is 1. The number of nitrogens with one attached hydrogen (secondary N) is 2. The number of fused-ring (bicyclic) bond motifs is 1. The summed E-state index contributed by atoms with van der Waals surface area (Å²) in [5, 5.41) is 32.7. The molecule has 0 aliphatic carbocycles. The van der Waals surface area contributed by atoms with E-state index in [-0.39, 0.29) is 28.3 Å². The van der Waals surface area contributed by atoms with Crippen LogP contribution in [0, 0.1) is 0 Å². The van der Waals surface area contributed by atoms with Crippen LogP contribution in [0.5, 0.6) is 0 Å². The molecule has 2 aliphatic rings. The second kappa shape index (κ2) is 11.8. The Hall–Kier alpha value is -4.35. The van der Waals surface area contributed by atoms with Gasteiger partial charge in [0.2, 0.25) is 0 Å². The first-order valence-corrected chi connectivity index (χ1v) is 11.8. The number of β-lactam (4-membered cyclic amide) rings is 1. The number of rotatable bonds is 10. The topological polar surface area (TPSA) is 261 Å². The van der Waals surface area contributed by atoms with E-state index in [0.29, 0.717) is 0 Å². The van der Waals surface area contributed by atoms with Crippen molar-refractivity contribution < 1.29 is 53.6 Å². The van der Waals surface area contributed by atoms with Crippen LogP contribution in [0.25, 0.3) is 0 Å². The van der Waals surface area contributed by atoms with Crippen LogP contribution < -0.4 is 22.1 Å². The van der Waals surface area contributed by atoms with Gasteiger partial charge in [-0.05, 0) is 17.7 Å². The predicted molar refractivity (Wildman–Crippen MR) is 127 cm³/mol. The Bertz CT molecular complexity index is 1210. The molecular formula is C21H23N5O11S. The van der Waals surface area contributed by atoms with Crippen molar-refractivity contribution in [2.45, 2.75) is 23.6 Å². The molecule has 1 saturated heterocycles. The second-order valence-corrected chi connectivity index (χ2v) is 9.06. The van der Waals surface area contributed by atoms with Crippen LogP contribution in [0.15, 0.2) is 35.5 Å². The van der Waals surface area contributed by atoms with Gasteiger partial charge >= 0.3 is 24.1 Å². The van der Waals surface area contributed by atoms with Crippen molar-refractivity contribution in [3.63, 3.8) is 0 Å². The van der Waals surface area contributed by atoms with Crippen LogP contribution in [0.2, 0.25) is 0 Å². The highest BCUT2D eigenvalue weighted by Gasteiger charge is 2.54. The van der Waals surface area contributed by atoms with Crippen LogP contribution in [0.1, 0.15) is 11.7 Å². The third kappa shape index (κ3) is 6.31. The summed E-state index contributed by atoms with van der Waals surface area (Å²) in [6, 6.07) is 2.91. The molecule has 1 fully saturated rings. The summed E-state index contributed by atoms with van der Waals surface area (Å²) in [5.41, 5.74) is 10.1. The molecule has 16 nitrogen and oxygen atoms in total. The number of nitrogens with two attached hydrogens (primary N) is 2. The van der Waals surface area contributed by atoms with Crippen molar-refractivity contribution in [3.8, 4) is 0 Å². The van der Waals surface area contributed by atoms with Crippen molar-refractivity contribution >= 4 is 53.4 Å². The Balaban J connectivity index is 1.62. The minimum Gasteiger partial charge on any atom is -0.480 e. The first-order valence-electron chi connectivity index (χ1n) is 10.7. The number of carbonyl (C=O) groups is 6. The van der Waals surface area contributed by atoms with Gasteiger partial charge in [0.1, 0.15) is 36.4 Å². The molecule has 2 heterocycles. The van der Waals surface area contributed by atoms with Gasteiger partial charge in [-0.1, -0.05) is 12.1 Å². The number of benzene rings is 1. The number of aliphatic hydroxyl groups is 1. The largest absolute Gasteiger partial charge is 0.480 e. The molecule has 1 aromatic rings. The summed E-state index contributed by atoms with van der Waals surface area (Å²) in [4.78, 5) is 71.5. The van der Waals surface area contributed by atoms with Gasteiger partial charge in [0.05, 0.1) is 0 Å². The molecule has 0 bridgehead atoms. The normalized spacial score (nSPS) is 19.8. The van der Waals surface area contributed by atoms with Crippen molar-refractivity contribution in [2.75, 3.05) is 24.3 Å². The zero-order chi connectivity index (χ0) is 28.1. The molecule has 0 saturated carbocycles. The maximum atomic E-state index is 12.7. The third-order valence-corrected chi connectivity index (χ3v) is 6.68. The molecule has 4 atom stereocenters. The third-order valence-electron chi connectivity index (χ3n) is 5.34. The number of anilines is 1. The van der Waals surface area contributed by atoms with Crippen molar-refractivity contribution in [3.05, 3.63) is 41.1 Å². The Morgan fingerprint density at radius 2 is 1.89 bits per heavy atom. The maximum absolute atomic E-state index is 12.7. The van der Waals surface area contributed by atoms with E-state index in [4.69, 9.17) is 21.3 Å². The summed E-state index contributed by atoms with van der Waals surface area (Å²) in [7, 11) is 0. The van der Waals surface area contributed by atoms with Crippen molar-refractivity contribution in [1.29, 1.82) is 0 Å². The molecule has 4 amide bonds. The second-order valence-electron chi connectivity index (χ2n) is 7.96. The van der Waals surface area contributed by atoms with Crippen LogP contribution in [-0.4, -0.2) is 92.6 Å². The summed E-state index contributed by atoms with van der Waals surface area (Å²) in [6.45, 7) is -1.00. The van der Waals surface area contributed by atoms with Gasteiger partial charge in [0.15, 0.2) is 6.10 Å². The van der Waals surface area contributed by atoms with Gasteiger partial charge in [-0.25, -0.2) is 14.4 Å². The lowest BCUT2D eigenvalue weighted by Gasteiger charge is -2.49. The molecular weight excluding hydrogens is 530 g/mol. The molecule has 0 spiro atoms. The van der Waals surface area contributed by atoms with Gasteiger partial charge in [-0.2, -0.15) is 0 Å². The molecule has 38 heavy (non-hydrogen) atoms. The minimum atomic E-state index is -1.77. The fraction of sp³-hybridized carbons (Fsp3) is 0.333. The van der Waals surface area contributed by atoms with Gasteiger partial charge in [-0.3, -0.25) is 24.6 Å². The van der Waals surface area contributed by atoms with E-state index in [1.807, 2.05) is 0 Å². The molecule has 17 heteroatoms. The number of aliphatic hydroxyl groups excluding tert-OH is 1. The van der Waals surface area contributed by atoms with E-state index in [1.54, 1.807) is 0 Å². The summed E-state index contributed by atoms with van der Waals surface area (Å²) < 4.78 is 9.34. The minimum absolute atomic E-state index is 0.0412. The number of hydrogen-bond donors (Lipinski definition) is 7. The molecule has 3 rings (SSSR count). The summed E-state index contributed by atoms with van der Waals surface area (Å²) in [6.07, 6.45) is -3.89. The molecule has 1 aromatic carbocycles. The predicted octanol–water partition coefficient (Wildman–Crippen LogP) is -1.49. The number of carbonyl (C=O) groups excluding carboxylic acids is 4. The number of ether oxygens (including phenoxy) is 2. The molecule has 204 valence electrons. The lowest BCUT2D eigenvalue weighted by atomic mass is 10.0. The fourth-order valence-electron chi connectivity index (χ4n) is 3.51. The number of carboxylic acid groups (broad SMARTS) is 2. The zero-order valence-electron chi connectivity index (χ0n) is 19.4. The number of hydrogen-bond acceptors (Lipinski definition) is 11. The first kappa shape index (κ1) is 28.2. The monoisotopic (exact) mass is 553 g/mol. The number of aliphatic carboxylic acids is 2. The number of amides is 4. The molecule has 2 aliphatic heterocycles. The Morgan fingerprint density at radius 1 is 1.18 bits per heavy atom. The average Bonchev–Trinajstić information content (AvgIpc) is 2.87. The van der Waals surface area contributed by atoms with Crippen LogP contribution in [-0.2, 0) is 28.7 Å². The zero-order valence-corrected chi connectivity index (χ0v) is 20.2. The van der Waals surface area contributed by atoms with Crippen LogP contribution >= 0.6 is 11.8 Å². The summed E-state index contributed by atoms with van der Waals surface area (Å²) in [5.74, 6) is -4.40. The van der Waals surface area contributed by atoms with Gasteiger partial charge in [0, 0.05) is 17.0 Å². The fourth-order valence-corrected chi connectivity index (χ4v) is 4.84. The van der Waals surface area contributed by atoms with E-state index < -0.39 is 72.7 Å². The number of nitrogens with zero attached hydrogens (tertiary/aromatic N) is 1. The molecule has 9 N–H and O–H groups in total. The van der Waals surface area contributed by atoms with Gasteiger partial charge in [0.25, 0.3) is 11.8 Å². The Labute approximate surface area is 217 Å². The lowest BCUT2D eigenvalue weighted by Crippen LogP contribution is -2.71. The molecule has 0 aromatic heterocycles. The van der Waals surface area contributed by atoms with E-state index in [1.165, 1.54) is 24.3 Å². The first-order chi connectivity index (χ1) is 17.9. The van der Waals surface area contributed by atoms with Gasteiger partial charge < -0.3 is 41.6 Å². The smallest absolute Gasteiger partial charge is 0.411 e. The molecule has 0 radical (unpaired) electrons. The standard InChI is InChI=1S/C21H23N5O11S/c22-11(18(30)31)6-37-21(35)24-10-3-1-2-8(4-10)14(27)15(28)25-12-16(29)26-13(19(32)33)9(5-36-20(23)34)7-38-17(12)26/h1-4,11-12,14,17,27H,5-7,22H2,(H2,23,34)(H,24,35)(H,25,28)(H,30,31)(H,32,33)/t11-,12-,14-,17-/m1/s1. The summed E-state index contributed by atoms with van der Waals surface area (Å²) >= 11 is 1.12. The van der Waals surface area contributed by atoms with E-state index in [2.05, 4.69) is 15.4 Å². The average molecular weight is 554 g/mol. The van der Waals surface area contributed by atoms with Crippen molar-refractivity contribution in [2.24, 2.45) is 11.5 Å². The van der Waals surface area contributed by atoms with Gasteiger partial charge in [-0.15, -0.1) is 11.8 Å². The van der Waals surface area contributed by atoms with E-state index in [0.717, 1.165) is 16.7 Å². The van der Waals surface area contributed by atoms with Crippen LogP contribution in [0.4, 0.5) is 15.3 Å². The SMILES string of the molecule is NC(=O)OCC1=C(C(=O)O)N2C(=O)[C@@H](NC(=O)[C@H](O)c3cccc(NC(=O)OC[C@@H](N)C(=O)O)c3)[C@H]2SC1. The number of thioether (sulfide) groups is 1.